The molecular weight excluding hydrogens is 350 g/mol. The highest BCUT2D eigenvalue weighted by molar-refractivity contribution is 9.10. The third kappa shape index (κ3) is 6.25. The number of sulfonamides is 1. The van der Waals surface area contributed by atoms with Crippen molar-refractivity contribution in [2.45, 2.75) is 37.5 Å². The summed E-state index contributed by atoms with van der Waals surface area (Å²) in [4.78, 5) is 0.238. The van der Waals surface area contributed by atoms with Gasteiger partial charge in [0.25, 0.3) is 0 Å². The van der Waals surface area contributed by atoms with Crippen LogP contribution < -0.4 is 4.72 Å². The van der Waals surface area contributed by atoms with Crippen LogP contribution in [0, 0.1) is 5.41 Å². The molecule has 0 aliphatic heterocycles. The molecule has 1 aromatic rings. The first-order chi connectivity index (χ1) is 8.60. The van der Waals surface area contributed by atoms with E-state index in [9.17, 15) is 8.42 Å². The molecule has 1 atom stereocenters. The Morgan fingerprint density at radius 2 is 2.00 bits per heavy atom. The summed E-state index contributed by atoms with van der Waals surface area (Å²) in [6.45, 7) is 6.45. The highest BCUT2D eigenvalue weighted by Gasteiger charge is 2.20. The number of benzene rings is 1. The van der Waals surface area contributed by atoms with Crippen LogP contribution in [-0.2, 0) is 10.0 Å². The normalized spacial score (nSPS) is 14.4. The fourth-order valence-corrected chi connectivity index (χ4v) is 3.96. The summed E-state index contributed by atoms with van der Waals surface area (Å²) in [5, 5.41) is -0.220. The van der Waals surface area contributed by atoms with Crippen molar-refractivity contribution >= 4 is 37.6 Å². The van der Waals surface area contributed by atoms with Gasteiger partial charge in [-0.2, -0.15) is 0 Å². The first kappa shape index (κ1) is 17.0. The van der Waals surface area contributed by atoms with Crippen LogP contribution in [-0.4, -0.2) is 20.3 Å². The van der Waals surface area contributed by atoms with Crippen LogP contribution in [0.4, 0.5) is 0 Å². The number of nitrogens with one attached hydrogen (secondary N) is 1. The van der Waals surface area contributed by atoms with Gasteiger partial charge in [-0.15, -0.1) is 11.6 Å². The molecular formula is C13H19BrClNO2S. The van der Waals surface area contributed by atoms with Crippen molar-refractivity contribution < 1.29 is 8.42 Å². The smallest absolute Gasteiger partial charge is 0.210 e. The van der Waals surface area contributed by atoms with Crippen LogP contribution in [0.1, 0.15) is 27.2 Å². The van der Waals surface area contributed by atoms with Crippen molar-refractivity contribution in [3.05, 3.63) is 28.7 Å². The predicted octanol–water partition coefficient (Wildman–Crippen LogP) is 3.77. The SMILES string of the molecule is CC(C)(C)CC(Cl)CNS(=O)(=O)c1cccc(Br)c1. The van der Waals surface area contributed by atoms with E-state index in [1.54, 1.807) is 24.3 Å². The maximum Gasteiger partial charge on any atom is 0.240 e. The molecule has 6 heteroatoms. The number of hydrogen-bond donors (Lipinski definition) is 1. The lowest BCUT2D eigenvalue weighted by Crippen LogP contribution is -2.31. The average Bonchev–Trinajstić information content (AvgIpc) is 2.24. The summed E-state index contributed by atoms with van der Waals surface area (Å²) in [6, 6.07) is 6.59. The Kier molecular flexibility index (Phi) is 5.86. The average molecular weight is 369 g/mol. The van der Waals surface area contributed by atoms with Gasteiger partial charge in [0.15, 0.2) is 0 Å². The lowest BCUT2D eigenvalue weighted by atomic mass is 9.90. The Labute approximate surface area is 128 Å². The van der Waals surface area contributed by atoms with E-state index >= 15 is 0 Å². The van der Waals surface area contributed by atoms with Gasteiger partial charge in [-0.05, 0) is 30.0 Å². The van der Waals surface area contributed by atoms with E-state index in [1.165, 1.54) is 0 Å². The summed E-state index contributed by atoms with van der Waals surface area (Å²) >= 11 is 9.41. The highest BCUT2D eigenvalue weighted by Crippen LogP contribution is 2.23. The standard InChI is InChI=1S/C13H19BrClNO2S/c1-13(2,3)8-11(15)9-16-19(17,18)12-6-4-5-10(14)7-12/h4-7,11,16H,8-9H2,1-3H3. The van der Waals surface area contributed by atoms with Crippen molar-refractivity contribution in [3.8, 4) is 0 Å². The number of halogens is 2. The number of hydrogen-bond acceptors (Lipinski definition) is 2. The monoisotopic (exact) mass is 367 g/mol. The zero-order valence-electron chi connectivity index (χ0n) is 11.3. The summed E-state index contributed by atoms with van der Waals surface area (Å²) in [5.74, 6) is 0. The fraction of sp³-hybridized carbons (Fsp3) is 0.538. The molecule has 0 amide bonds. The van der Waals surface area contributed by atoms with Gasteiger partial charge < -0.3 is 0 Å². The van der Waals surface area contributed by atoms with Gasteiger partial charge >= 0.3 is 0 Å². The van der Waals surface area contributed by atoms with Gasteiger partial charge in [0, 0.05) is 16.4 Å². The maximum absolute atomic E-state index is 12.1. The molecule has 19 heavy (non-hydrogen) atoms. The minimum Gasteiger partial charge on any atom is -0.210 e. The minimum absolute atomic E-state index is 0.0770. The molecule has 0 saturated carbocycles. The predicted molar refractivity (Wildman–Crippen MR) is 83.0 cm³/mol. The Bertz CT molecular complexity index is 526. The van der Waals surface area contributed by atoms with Gasteiger partial charge in [-0.3, -0.25) is 0 Å². The van der Waals surface area contributed by atoms with E-state index in [0.29, 0.717) is 0 Å². The Balaban J connectivity index is 2.66. The molecule has 0 aliphatic rings. The van der Waals surface area contributed by atoms with Gasteiger partial charge in [0.2, 0.25) is 10.0 Å². The maximum atomic E-state index is 12.1. The van der Waals surface area contributed by atoms with E-state index in [-0.39, 0.29) is 22.2 Å². The van der Waals surface area contributed by atoms with E-state index in [1.807, 2.05) is 0 Å². The van der Waals surface area contributed by atoms with Gasteiger partial charge in [0.1, 0.15) is 0 Å². The molecule has 0 bridgehead atoms. The molecule has 0 radical (unpaired) electrons. The quantitative estimate of drug-likeness (QED) is 0.804. The highest BCUT2D eigenvalue weighted by atomic mass is 79.9. The number of rotatable bonds is 5. The zero-order chi connectivity index (χ0) is 14.7. The molecule has 1 rings (SSSR count). The molecule has 0 aliphatic carbocycles. The van der Waals surface area contributed by atoms with Crippen LogP contribution >= 0.6 is 27.5 Å². The molecule has 0 saturated heterocycles. The second-order valence-corrected chi connectivity index (χ2v) is 8.97. The van der Waals surface area contributed by atoms with Crippen LogP contribution in [0.2, 0.25) is 0 Å². The van der Waals surface area contributed by atoms with E-state index in [0.717, 1.165) is 10.9 Å². The lowest BCUT2D eigenvalue weighted by Gasteiger charge is -2.22. The first-order valence-electron chi connectivity index (χ1n) is 5.99. The van der Waals surface area contributed by atoms with E-state index < -0.39 is 10.0 Å². The molecule has 1 aromatic carbocycles. The second kappa shape index (κ2) is 6.57. The zero-order valence-corrected chi connectivity index (χ0v) is 14.4. The summed E-state index contributed by atoms with van der Waals surface area (Å²) in [5.41, 5.74) is 0.0770. The molecule has 1 N–H and O–H groups in total. The van der Waals surface area contributed by atoms with Crippen molar-refractivity contribution in [3.63, 3.8) is 0 Å². The van der Waals surface area contributed by atoms with Gasteiger partial charge in [-0.1, -0.05) is 42.8 Å². The van der Waals surface area contributed by atoms with Crippen molar-refractivity contribution in [1.29, 1.82) is 0 Å². The van der Waals surface area contributed by atoms with Crippen LogP contribution in [0.25, 0.3) is 0 Å². The molecule has 0 spiro atoms. The van der Waals surface area contributed by atoms with Crippen LogP contribution in [0.5, 0.6) is 0 Å². The number of alkyl halides is 1. The topological polar surface area (TPSA) is 46.2 Å². The Morgan fingerprint density at radius 1 is 1.37 bits per heavy atom. The summed E-state index contributed by atoms with van der Waals surface area (Å²) in [7, 11) is -3.50. The summed E-state index contributed by atoms with van der Waals surface area (Å²) in [6.07, 6.45) is 0.746. The van der Waals surface area contributed by atoms with E-state index in [2.05, 4.69) is 41.4 Å². The molecule has 1 unspecified atom stereocenters. The van der Waals surface area contributed by atoms with Gasteiger partial charge in [-0.25, -0.2) is 13.1 Å². The van der Waals surface area contributed by atoms with Crippen molar-refractivity contribution in [2.24, 2.45) is 5.41 Å². The summed E-state index contributed by atoms with van der Waals surface area (Å²) < 4.78 is 27.4. The lowest BCUT2D eigenvalue weighted by molar-refractivity contribution is 0.369. The van der Waals surface area contributed by atoms with Crippen LogP contribution in [0.15, 0.2) is 33.6 Å². The molecule has 0 aromatic heterocycles. The van der Waals surface area contributed by atoms with Gasteiger partial charge in [0.05, 0.1) is 4.90 Å². The second-order valence-electron chi connectivity index (χ2n) is 5.67. The van der Waals surface area contributed by atoms with Crippen molar-refractivity contribution in [2.75, 3.05) is 6.54 Å². The third-order valence-corrected chi connectivity index (χ3v) is 4.66. The van der Waals surface area contributed by atoms with Crippen molar-refractivity contribution in [1.82, 2.24) is 4.72 Å². The van der Waals surface area contributed by atoms with E-state index in [4.69, 9.17) is 11.6 Å². The molecule has 0 fully saturated rings. The minimum atomic E-state index is -3.50. The Morgan fingerprint density at radius 3 is 2.53 bits per heavy atom. The first-order valence-corrected chi connectivity index (χ1v) is 8.71. The Hall–Kier alpha value is -0.100. The largest absolute Gasteiger partial charge is 0.240 e. The molecule has 3 nitrogen and oxygen atoms in total. The molecule has 108 valence electrons. The fourth-order valence-electron chi connectivity index (χ4n) is 1.65. The third-order valence-electron chi connectivity index (χ3n) is 2.44. The molecule has 0 heterocycles. The van der Waals surface area contributed by atoms with Crippen LogP contribution in [0.3, 0.4) is 0 Å².